The van der Waals surface area contributed by atoms with Crippen LogP contribution in [-0.4, -0.2) is 36.2 Å². The number of aromatic nitrogens is 5. The third-order valence-corrected chi connectivity index (χ3v) is 4.31. The molecule has 3 aromatic heterocycles. The predicted molar refractivity (Wildman–Crippen MR) is 110 cm³/mol. The van der Waals surface area contributed by atoms with Crippen LogP contribution < -0.4 is 16.6 Å². The Labute approximate surface area is 171 Å². The van der Waals surface area contributed by atoms with E-state index in [-0.39, 0.29) is 23.0 Å². The molecule has 4 N–H and O–H groups in total. The zero-order valence-electron chi connectivity index (χ0n) is 16.2. The number of rotatable bonds is 5. The van der Waals surface area contributed by atoms with E-state index in [4.69, 9.17) is 5.73 Å². The van der Waals surface area contributed by atoms with Crippen molar-refractivity contribution in [3.05, 3.63) is 71.6 Å². The number of fused-ring (bicyclic) bond motifs is 1. The lowest BCUT2D eigenvalue weighted by molar-refractivity contribution is 0.0953. The van der Waals surface area contributed by atoms with Crippen LogP contribution in [0.3, 0.4) is 0 Å². The number of imidazole rings is 1. The Bertz CT molecular complexity index is 1250. The first-order chi connectivity index (χ1) is 14.4. The zero-order chi connectivity index (χ0) is 21.3. The fourth-order valence-electron chi connectivity index (χ4n) is 3.03. The average Bonchev–Trinajstić information content (AvgIpc) is 3.15. The van der Waals surface area contributed by atoms with Crippen LogP contribution in [0.2, 0.25) is 0 Å². The Hall–Kier alpha value is -4.34. The number of aryl methyl sites for hydroxylation is 2. The van der Waals surface area contributed by atoms with Crippen molar-refractivity contribution in [2.75, 3.05) is 5.43 Å². The summed E-state index contributed by atoms with van der Waals surface area (Å²) in [4.78, 5) is 41.6. The number of primary amides is 1. The molecule has 0 spiro atoms. The highest BCUT2D eigenvalue weighted by atomic mass is 16.2. The molecule has 10 heteroatoms. The maximum atomic E-state index is 12.9. The van der Waals surface area contributed by atoms with Gasteiger partial charge in [0.25, 0.3) is 11.8 Å². The summed E-state index contributed by atoms with van der Waals surface area (Å²) in [6.07, 6.45) is 1.33. The zero-order valence-corrected chi connectivity index (χ0v) is 16.2. The second-order valence-corrected chi connectivity index (χ2v) is 6.60. The van der Waals surface area contributed by atoms with Crippen LogP contribution in [0, 0.1) is 13.8 Å². The Balaban J connectivity index is 1.74. The number of anilines is 1. The maximum Gasteiger partial charge on any atom is 0.286 e. The number of hydrazine groups is 1. The second-order valence-electron chi connectivity index (χ2n) is 6.60. The normalized spacial score (nSPS) is 10.7. The van der Waals surface area contributed by atoms with Gasteiger partial charge < -0.3 is 5.73 Å². The SMILES string of the molecule is Cc1cc(C)nc(NNC(=O)c2cc(-c3ccccc3)nc3c(C(N)=O)ncn23)n1. The lowest BCUT2D eigenvalue weighted by Crippen LogP contribution is -2.32. The first kappa shape index (κ1) is 19.0. The van der Waals surface area contributed by atoms with E-state index in [1.54, 1.807) is 6.07 Å². The van der Waals surface area contributed by atoms with Crippen molar-refractivity contribution in [3.8, 4) is 11.3 Å². The Morgan fingerprint density at radius 3 is 2.37 bits per heavy atom. The number of nitrogens with zero attached hydrogens (tertiary/aromatic N) is 5. The van der Waals surface area contributed by atoms with Gasteiger partial charge in [0.2, 0.25) is 5.95 Å². The lowest BCUT2D eigenvalue weighted by atomic mass is 10.1. The van der Waals surface area contributed by atoms with E-state index in [2.05, 4.69) is 30.8 Å². The topological polar surface area (TPSA) is 140 Å². The van der Waals surface area contributed by atoms with E-state index in [1.807, 2.05) is 50.2 Å². The standard InChI is InChI=1S/C20H18N8O2/c1-11-8-12(2)24-20(23-11)27-26-19(30)15-9-14(13-6-4-3-5-7-13)25-18-16(17(21)29)22-10-28(15)18/h3-10H,1-2H3,(H2,21,29)(H,26,30)(H,23,24,27). The van der Waals surface area contributed by atoms with Crippen molar-refractivity contribution in [1.29, 1.82) is 0 Å². The van der Waals surface area contributed by atoms with Gasteiger partial charge in [-0.2, -0.15) is 0 Å². The molecule has 0 atom stereocenters. The van der Waals surface area contributed by atoms with Crippen LogP contribution in [0.5, 0.6) is 0 Å². The molecule has 0 saturated heterocycles. The molecule has 0 fully saturated rings. The fourth-order valence-corrected chi connectivity index (χ4v) is 3.03. The molecular formula is C20H18N8O2. The summed E-state index contributed by atoms with van der Waals surface area (Å²) < 4.78 is 1.41. The van der Waals surface area contributed by atoms with Gasteiger partial charge in [-0.05, 0) is 26.0 Å². The van der Waals surface area contributed by atoms with E-state index in [1.165, 1.54) is 10.7 Å². The molecule has 0 bridgehead atoms. The quantitative estimate of drug-likeness (QED) is 0.431. The minimum atomic E-state index is -0.733. The van der Waals surface area contributed by atoms with Crippen molar-refractivity contribution in [2.45, 2.75) is 13.8 Å². The summed E-state index contributed by atoms with van der Waals surface area (Å²) in [5, 5.41) is 0. The van der Waals surface area contributed by atoms with E-state index >= 15 is 0 Å². The molecule has 150 valence electrons. The number of nitrogens with one attached hydrogen (secondary N) is 2. The van der Waals surface area contributed by atoms with Gasteiger partial charge >= 0.3 is 0 Å². The minimum Gasteiger partial charge on any atom is -0.364 e. The first-order valence-corrected chi connectivity index (χ1v) is 9.04. The van der Waals surface area contributed by atoms with Crippen molar-refractivity contribution in [1.82, 2.24) is 29.8 Å². The Kier molecular flexibility index (Phi) is 4.80. The van der Waals surface area contributed by atoms with Gasteiger partial charge in [-0.25, -0.2) is 19.9 Å². The highest BCUT2D eigenvalue weighted by Crippen LogP contribution is 2.21. The van der Waals surface area contributed by atoms with E-state index < -0.39 is 11.8 Å². The monoisotopic (exact) mass is 402 g/mol. The summed E-state index contributed by atoms with van der Waals surface area (Å²) >= 11 is 0. The van der Waals surface area contributed by atoms with Gasteiger partial charge in [0.05, 0.1) is 5.69 Å². The van der Waals surface area contributed by atoms with Gasteiger partial charge in [-0.15, -0.1) is 0 Å². The van der Waals surface area contributed by atoms with Gasteiger partial charge in [-0.1, -0.05) is 30.3 Å². The third kappa shape index (κ3) is 3.65. The smallest absolute Gasteiger partial charge is 0.286 e. The Morgan fingerprint density at radius 1 is 1.00 bits per heavy atom. The summed E-state index contributed by atoms with van der Waals surface area (Å²) in [5.41, 5.74) is 13.9. The van der Waals surface area contributed by atoms with Gasteiger partial charge in [0, 0.05) is 17.0 Å². The van der Waals surface area contributed by atoms with Gasteiger partial charge in [0.1, 0.15) is 12.0 Å². The van der Waals surface area contributed by atoms with Crippen LogP contribution in [0.15, 0.2) is 48.8 Å². The lowest BCUT2D eigenvalue weighted by Gasteiger charge is -2.11. The highest BCUT2D eigenvalue weighted by molar-refractivity contribution is 5.99. The molecule has 4 rings (SSSR count). The molecule has 0 aliphatic rings. The molecule has 0 aliphatic carbocycles. The van der Waals surface area contributed by atoms with Crippen LogP contribution >= 0.6 is 0 Å². The minimum absolute atomic E-state index is 0.0209. The number of carbonyl (C=O) groups excluding carboxylic acids is 2. The number of amides is 2. The molecule has 1 aromatic carbocycles. The molecular weight excluding hydrogens is 384 g/mol. The number of carbonyl (C=O) groups is 2. The molecule has 10 nitrogen and oxygen atoms in total. The van der Waals surface area contributed by atoms with Crippen molar-refractivity contribution in [2.24, 2.45) is 5.73 Å². The Morgan fingerprint density at radius 2 is 1.70 bits per heavy atom. The first-order valence-electron chi connectivity index (χ1n) is 9.04. The van der Waals surface area contributed by atoms with E-state index in [0.717, 1.165) is 17.0 Å². The maximum absolute atomic E-state index is 12.9. The van der Waals surface area contributed by atoms with Crippen molar-refractivity contribution >= 4 is 23.4 Å². The van der Waals surface area contributed by atoms with E-state index in [0.29, 0.717) is 5.69 Å². The molecule has 3 heterocycles. The average molecular weight is 402 g/mol. The van der Waals surface area contributed by atoms with E-state index in [9.17, 15) is 9.59 Å². The van der Waals surface area contributed by atoms with Crippen molar-refractivity contribution < 1.29 is 9.59 Å². The highest BCUT2D eigenvalue weighted by Gasteiger charge is 2.19. The van der Waals surface area contributed by atoms with Crippen molar-refractivity contribution in [3.63, 3.8) is 0 Å². The third-order valence-electron chi connectivity index (χ3n) is 4.31. The predicted octanol–water partition coefficient (Wildman–Crippen LogP) is 1.66. The fraction of sp³-hybridized carbons (Fsp3) is 0.100. The van der Waals surface area contributed by atoms with Crippen LogP contribution in [-0.2, 0) is 0 Å². The summed E-state index contributed by atoms with van der Waals surface area (Å²) in [6.45, 7) is 3.66. The molecule has 30 heavy (non-hydrogen) atoms. The number of hydrogen-bond donors (Lipinski definition) is 3. The largest absolute Gasteiger partial charge is 0.364 e. The molecule has 4 aromatic rings. The molecule has 0 radical (unpaired) electrons. The summed E-state index contributed by atoms with van der Waals surface area (Å²) in [7, 11) is 0. The second kappa shape index (κ2) is 7.59. The summed E-state index contributed by atoms with van der Waals surface area (Å²) in [5.74, 6) is -0.961. The van der Waals surface area contributed by atoms with Gasteiger partial charge in [-0.3, -0.25) is 24.8 Å². The number of benzene rings is 1. The molecule has 2 amide bonds. The van der Waals surface area contributed by atoms with Gasteiger partial charge in [0.15, 0.2) is 11.3 Å². The van der Waals surface area contributed by atoms with Crippen LogP contribution in [0.1, 0.15) is 32.4 Å². The molecule has 0 unspecified atom stereocenters. The van der Waals surface area contributed by atoms with Crippen LogP contribution in [0.4, 0.5) is 5.95 Å². The number of hydrogen-bond acceptors (Lipinski definition) is 7. The van der Waals surface area contributed by atoms with Crippen LogP contribution in [0.25, 0.3) is 16.9 Å². The number of nitrogens with two attached hydrogens (primary N) is 1. The molecule has 0 aliphatic heterocycles. The molecule has 0 saturated carbocycles. The summed E-state index contributed by atoms with van der Waals surface area (Å²) in [6, 6.07) is 12.7.